The number of nitro groups is 1. The van der Waals surface area contributed by atoms with Gasteiger partial charge in [-0.3, -0.25) is 28.8 Å². The third kappa shape index (κ3) is 14.5. The molecule has 29 heteroatoms. The van der Waals surface area contributed by atoms with E-state index in [1.54, 1.807) is 18.2 Å². The molecule has 2 aliphatic heterocycles. The molecule has 3 aromatic carbocycles. The number of nitrogens with zero attached hydrogens (tertiary/aromatic N) is 5. The number of benzene rings is 4. The van der Waals surface area contributed by atoms with Crippen LogP contribution in [-0.2, 0) is 42.9 Å². The van der Waals surface area contributed by atoms with Crippen LogP contribution in [-0.4, -0.2) is 105 Å². The first kappa shape index (κ1) is 58.9. The molecule has 0 spiro atoms. The van der Waals surface area contributed by atoms with Gasteiger partial charge in [0.25, 0.3) is 11.6 Å². The summed E-state index contributed by atoms with van der Waals surface area (Å²) in [6.07, 6.45) is -3.26. The van der Waals surface area contributed by atoms with Crippen molar-refractivity contribution in [2.75, 3.05) is 52.0 Å². The lowest BCUT2D eigenvalue weighted by atomic mass is 9.89. The Kier molecular flexibility index (Phi) is 18.2. The van der Waals surface area contributed by atoms with Crippen LogP contribution in [0.3, 0.4) is 0 Å². The summed E-state index contributed by atoms with van der Waals surface area (Å²) >= 11 is 0. The Labute approximate surface area is 444 Å². The third-order valence-electron chi connectivity index (χ3n) is 12.1. The van der Waals surface area contributed by atoms with Crippen molar-refractivity contribution in [3.05, 3.63) is 133 Å². The number of fused-ring (bicyclic) bond motifs is 2. The predicted octanol–water partition coefficient (Wildman–Crippen LogP) is 5.24. The van der Waals surface area contributed by atoms with E-state index >= 15 is 0 Å². The summed E-state index contributed by atoms with van der Waals surface area (Å²) in [7, 11) is -9.38. The van der Waals surface area contributed by atoms with Gasteiger partial charge in [-0.05, 0) is 60.4 Å². The van der Waals surface area contributed by atoms with Gasteiger partial charge in [0.2, 0.25) is 5.36 Å². The molecule has 0 radical (unpaired) electrons. The lowest BCUT2D eigenvalue weighted by Gasteiger charge is -2.22. The molecule has 1 saturated heterocycles. The van der Waals surface area contributed by atoms with Crippen LogP contribution in [0.2, 0.25) is 0 Å². The fourth-order valence-electron chi connectivity index (χ4n) is 8.40. The summed E-state index contributed by atoms with van der Waals surface area (Å²) < 4.78 is 68.0. The Morgan fingerprint density at radius 2 is 1.76 bits per heavy atom. The highest BCUT2D eigenvalue weighted by atomic mass is 31.3. The van der Waals surface area contributed by atoms with Crippen LogP contribution in [0.1, 0.15) is 76.4 Å². The number of carbonyl (C=O) groups excluding carboxylic acids is 2. The number of carbonyl (C=O) groups is 2. The first-order valence-corrected chi connectivity index (χ1v) is 28.1. The van der Waals surface area contributed by atoms with E-state index in [0.717, 1.165) is 32.8 Å². The van der Waals surface area contributed by atoms with Gasteiger partial charge in [-0.2, -0.15) is 13.6 Å². The Morgan fingerprint density at radius 1 is 1.01 bits per heavy atom. The van der Waals surface area contributed by atoms with Crippen LogP contribution in [0.5, 0.6) is 0 Å². The lowest BCUT2D eigenvalue weighted by molar-refractivity contribution is -0.386. The summed E-state index contributed by atoms with van der Waals surface area (Å²) in [5.74, 6) is 5.47. The fraction of sp³-hybridized carbons (Fsp3) is 0.327. The summed E-state index contributed by atoms with van der Waals surface area (Å²) in [6.45, 7) is 2.25. The second-order valence-electron chi connectivity index (χ2n) is 18.7. The molecule has 8 N–H and O–H groups in total. The zero-order valence-corrected chi connectivity index (χ0v) is 45.3. The maximum atomic E-state index is 13.7. The number of hydrogen-bond donors (Lipinski definition) is 7. The highest BCUT2D eigenvalue weighted by Gasteiger charge is 2.43. The standard InChI is InChI=1S/C49H54N7O19P3/c1-28(2)18-41(70-26-32-24-55(49(60)52-47(32)50)45-23-40(58)44(73-45)27-71-77(66,67)75-78(68,69)74-76(63,64)65)35-14-9-29(19-39(35)56(61)62)8-7-17-51-48(59)30-10-11-31(25-57)38(20-30)46-36-15-12-33(53(3)4)21-42(36)72-43-22-34(54(5)6)13-16-37(43)46/h9-16,19-22,24-25,28,40-41,44-45,58H,17-18,23,26-27H2,1-6H3,(H6-,50,51,52,59,60,63,64,65,66,67,68,69)/p+1/t40-,41?,44-,45-/m1/s1. The molecular formula is C49H55N7O19P3+. The van der Waals surface area contributed by atoms with Crippen molar-refractivity contribution < 1.29 is 79.9 Å². The molecule has 3 aliphatic rings. The van der Waals surface area contributed by atoms with E-state index in [2.05, 4.69) is 35.3 Å². The molecular weight excluding hydrogens is 1080 g/mol. The first-order chi connectivity index (χ1) is 36.6. The number of aliphatic hydroxyl groups excluding tert-OH is 1. The van der Waals surface area contributed by atoms with Crippen LogP contribution in [0.4, 0.5) is 17.2 Å². The predicted molar refractivity (Wildman–Crippen MR) is 282 cm³/mol. The van der Waals surface area contributed by atoms with Crippen LogP contribution in [0.25, 0.3) is 33.4 Å². The Bertz CT molecular complexity index is 3620. The minimum absolute atomic E-state index is 0.0580. The highest BCUT2D eigenvalue weighted by molar-refractivity contribution is 7.66. The molecule has 1 aromatic heterocycles. The van der Waals surface area contributed by atoms with Crippen molar-refractivity contribution in [2.45, 2.75) is 57.8 Å². The lowest BCUT2D eigenvalue weighted by Crippen LogP contribution is -2.29. The van der Waals surface area contributed by atoms with Gasteiger partial charge in [-0.25, -0.2) is 23.1 Å². The highest BCUT2D eigenvalue weighted by Crippen LogP contribution is 2.66. The van der Waals surface area contributed by atoms with E-state index in [1.165, 1.54) is 24.4 Å². The van der Waals surface area contributed by atoms with Gasteiger partial charge in [0, 0.05) is 89.4 Å². The van der Waals surface area contributed by atoms with Crippen LogP contribution in [0, 0.1) is 27.9 Å². The number of aliphatic hydroxyl groups is 1. The van der Waals surface area contributed by atoms with Crippen molar-refractivity contribution in [2.24, 2.45) is 5.92 Å². The number of rotatable bonds is 20. The zero-order chi connectivity index (χ0) is 57.0. The molecule has 1 fully saturated rings. The molecule has 4 aromatic rings. The maximum absolute atomic E-state index is 13.7. The molecule has 414 valence electrons. The first-order valence-electron chi connectivity index (χ1n) is 23.6. The summed E-state index contributed by atoms with van der Waals surface area (Å²) in [4.78, 5) is 93.7. The number of aromatic nitrogens is 2. The number of nitro benzene ring substituents is 1. The van der Waals surface area contributed by atoms with Gasteiger partial charge in [-0.1, -0.05) is 31.8 Å². The van der Waals surface area contributed by atoms with Gasteiger partial charge in [0.05, 0.1) is 48.5 Å². The van der Waals surface area contributed by atoms with Gasteiger partial charge in [-0.15, -0.1) is 0 Å². The van der Waals surface area contributed by atoms with E-state index < -0.39 is 71.1 Å². The number of aldehydes is 1. The molecule has 26 nitrogen and oxygen atoms in total. The van der Waals surface area contributed by atoms with E-state index in [0.29, 0.717) is 28.0 Å². The molecule has 6 atom stereocenters. The van der Waals surface area contributed by atoms with Crippen LogP contribution in [0.15, 0.2) is 88.2 Å². The molecule has 3 unspecified atom stereocenters. The van der Waals surface area contributed by atoms with Crippen molar-refractivity contribution in [1.29, 1.82) is 0 Å². The van der Waals surface area contributed by atoms with E-state index in [4.69, 9.17) is 29.4 Å². The average Bonchev–Trinajstić information content (AvgIpc) is 3.90. The SMILES string of the molecule is CC(C)CC(OCc1cn([C@H]2C[C@@H](O)[C@@H](COP(=O)(O)OP(=O)(O)OP(=O)(O)O)O2)c(=O)nc1N)c1ccc(C#CCNC(=O)c2ccc(C=O)c(-c3c4ccc(=[N+](C)C)cc-4oc4cc(N(C)C)ccc34)c2)cc1[N+](=O)[O-]. The summed E-state index contributed by atoms with van der Waals surface area (Å²) in [5.41, 5.74) is 9.40. The Balaban J connectivity index is 1.05. The van der Waals surface area contributed by atoms with Gasteiger partial charge in [0.15, 0.2) is 6.29 Å². The molecule has 0 bridgehead atoms. The number of amides is 1. The molecule has 0 saturated carbocycles. The number of phosphoric acid groups is 3. The number of nitrogens with two attached hydrogens (primary N) is 1. The number of hydrogen-bond acceptors (Lipinski definition) is 18. The quantitative estimate of drug-likeness (QED) is 0.00977. The Morgan fingerprint density at radius 3 is 2.42 bits per heavy atom. The number of nitrogen functional groups attached to an aromatic ring is 1. The van der Waals surface area contributed by atoms with Gasteiger partial charge >= 0.3 is 29.2 Å². The summed E-state index contributed by atoms with van der Waals surface area (Å²) in [5, 5.41) is 27.6. The van der Waals surface area contributed by atoms with Crippen LogP contribution >= 0.6 is 23.5 Å². The second-order valence-corrected chi connectivity index (χ2v) is 23.1. The summed E-state index contributed by atoms with van der Waals surface area (Å²) in [6, 6.07) is 20.6. The number of anilines is 2. The molecule has 3 heterocycles. The average molecular weight is 1140 g/mol. The number of nitrogens with one attached hydrogen (secondary N) is 1. The number of phosphoric ester groups is 1. The van der Waals surface area contributed by atoms with Crippen LogP contribution < -0.4 is 31.6 Å². The third-order valence-corrected chi connectivity index (χ3v) is 15.9. The second kappa shape index (κ2) is 24.1. The minimum atomic E-state index is -5.82. The van der Waals surface area contributed by atoms with Gasteiger partial charge < -0.3 is 54.5 Å². The molecule has 78 heavy (non-hydrogen) atoms. The van der Waals surface area contributed by atoms with E-state index in [1.807, 2.05) is 87.9 Å². The Hall–Kier alpha value is -6.78. The van der Waals surface area contributed by atoms with Crippen molar-refractivity contribution in [1.82, 2.24) is 19.4 Å². The van der Waals surface area contributed by atoms with E-state index in [-0.39, 0.29) is 65.7 Å². The smallest absolute Gasteiger partial charge is 0.456 e. The minimum Gasteiger partial charge on any atom is -0.456 e. The van der Waals surface area contributed by atoms with E-state index in [9.17, 15) is 53.1 Å². The molecule has 1 aliphatic carbocycles. The molecule has 7 rings (SSSR count). The fourth-order valence-corrected chi connectivity index (χ4v) is 11.4. The monoisotopic (exact) mass is 1140 g/mol. The largest absolute Gasteiger partial charge is 0.490 e. The molecule has 1 amide bonds. The van der Waals surface area contributed by atoms with Crippen molar-refractivity contribution >= 4 is 63.8 Å². The maximum Gasteiger partial charge on any atom is 0.490 e. The normalized spacial score (nSPS) is 17.5. The topological polar surface area (TPSA) is 368 Å². The number of ether oxygens (including phenoxy) is 2. The zero-order valence-electron chi connectivity index (χ0n) is 42.6. The van der Waals surface area contributed by atoms with Crippen molar-refractivity contribution in [3.8, 4) is 34.3 Å². The van der Waals surface area contributed by atoms with Crippen molar-refractivity contribution in [3.63, 3.8) is 0 Å². The van der Waals surface area contributed by atoms with Gasteiger partial charge in [0.1, 0.15) is 43.6 Å².